The van der Waals surface area contributed by atoms with E-state index in [1.54, 1.807) is 0 Å². The van der Waals surface area contributed by atoms with E-state index in [-0.39, 0.29) is 0 Å². The van der Waals surface area contributed by atoms with E-state index in [1.807, 2.05) is 25.5 Å². The van der Waals surface area contributed by atoms with Crippen LogP contribution in [0.25, 0.3) is 0 Å². The molecule has 1 saturated heterocycles. The zero-order valence-electron chi connectivity index (χ0n) is 9.93. The molecular weight excluding hydrogens is 212 g/mol. The molecule has 0 bridgehead atoms. The molecule has 0 aliphatic carbocycles. The summed E-state index contributed by atoms with van der Waals surface area (Å²) in [7, 11) is 0. The lowest BCUT2D eigenvalue weighted by Gasteiger charge is -2.17. The molecule has 2 aromatic rings. The number of anilines is 1. The standard InChI is InChI=1S/C13H16N4/c1-10-8-15-13(16-10)11-4-7-17(9-11)12-2-5-14-6-3-12/h2-3,5-6,8,11H,4,7,9H2,1H3,(H,15,16)/t11-/m1/s1. The number of nitrogens with one attached hydrogen (secondary N) is 1. The summed E-state index contributed by atoms with van der Waals surface area (Å²) in [6, 6.07) is 4.13. The van der Waals surface area contributed by atoms with Crippen molar-refractivity contribution in [3.05, 3.63) is 42.2 Å². The smallest absolute Gasteiger partial charge is 0.111 e. The summed E-state index contributed by atoms with van der Waals surface area (Å²) in [6.45, 7) is 4.18. The Bertz CT molecular complexity index is 491. The molecular formula is C13H16N4. The van der Waals surface area contributed by atoms with Gasteiger partial charge in [0.15, 0.2) is 0 Å². The average molecular weight is 228 g/mol. The summed E-state index contributed by atoms with van der Waals surface area (Å²) in [5.74, 6) is 1.65. The molecule has 1 fully saturated rings. The van der Waals surface area contributed by atoms with Crippen molar-refractivity contribution >= 4 is 5.69 Å². The predicted octanol–water partition coefficient (Wildman–Crippen LogP) is 2.11. The van der Waals surface area contributed by atoms with E-state index >= 15 is 0 Å². The quantitative estimate of drug-likeness (QED) is 0.856. The van der Waals surface area contributed by atoms with Gasteiger partial charge < -0.3 is 9.88 Å². The van der Waals surface area contributed by atoms with Crippen LogP contribution in [0.3, 0.4) is 0 Å². The van der Waals surface area contributed by atoms with Crippen molar-refractivity contribution < 1.29 is 0 Å². The Kier molecular flexibility index (Phi) is 2.55. The number of aromatic amines is 1. The van der Waals surface area contributed by atoms with Crippen LogP contribution in [0, 0.1) is 6.92 Å². The molecule has 0 unspecified atom stereocenters. The van der Waals surface area contributed by atoms with Crippen LogP contribution in [-0.4, -0.2) is 28.0 Å². The Morgan fingerprint density at radius 1 is 1.35 bits per heavy atom. The maximum atomic E-state index is 4.43. The zero-order valence-corrected chi connectivity index (χ0v) is 9.93. The van der Waals surface area contributed by atoms with E-state index < -0.39 is 0 Å². The van der Waals surface area contributed by atoms with Crippen LogP contribution in [0.4, 0.5) is 5.69 Å². The molecule has 3 heterocycles. The summed E-state index contributed by atoms with van der Waals surface area (Å²) in [6.07, 6.45) is 6.76. The van der Waals surface area contributed by atoms with Gasteiger partial charge in [0.05, 0.1) is 0 Å². The Labute approximate surface area is 101 Å². The summed E-state index contributed by atoms with van der Waals surface area (Å²) in [5.41, 5.74) is 2.40. The number of H-pyrrole nitrogens is 1. The van der Waals surface area contributed by atoms with Gasteiger partial charge in [0.1, 0.15) is 5.82 Å². The largest absolute Gasteiger partial charge is 0.371 e. The van der Waals surface area contributed by atoms with Gasteiger partial charge in [-0.05, 0) is 25.5 Å². The van der Waals surface area contributed by atoms with Crippen LogP contribution < -0.4 is 4.90 Å². The lowest BCUT2D eigenvalue weighted by atomic mass is 10.1. The fourth-order valence-corrected chi connectivity index (χ4v) is 2.41. The summed E-state index contributed by atoms with van der Waals surface area (Å²) in [4.78, 5) is 14.2. The number of hydrogen-bond acceptors (Lipinski definition) is 3. The first-order chi connectivity index (χ1) is 8.33. The molecule has 0 saturated carbocycles. The van der Waals surface area contributed by atoms with Gasteiger partial charge in [-0.15, -0.1) is 0 Å². The molecule has 1 aliphatic rings. The van der Waals surface area contributed by atoms with Crippen molar-refractivity contribution in [3.8, 4) is 0 Å². The predicted molar refractivity (Wildman–Crippen MR) is 67.1 cm³/mol. The van der Waals surface area contributed by atoms with Gasteiger partial charge in [0.25, 0.3) is 0 Å². The van der Waals surface area contributed by atoms with Crippen molar-refractivity contribution in [2.24, 2.45) is 0 Å². The van der Waals surface area contributed by atoms with Gasteiger partial charge in [-0.2, -0.15) is 0 Å². The van der Waals surface area contributed by atoms with Crippen LogP contribution in [0.5, 0.6) is 0 Å². The molecule has 1 N–H and O–H groups in total. The lowest BCUT2D eigenvalue weighted by molar-refractivity contribution is 0.721. The number of rotatable bonds is 2. The minimum atomic E-state index is 0.525. The minimum Gasteiger partial charge on any atom is -0.371 e. The number of aryl methyl sites for hydroxylation is 1. The van der Waals surface area contributed by atoms with Gasteiger partial charge in [0, 0.05) is 49.0 Å². The number of hydrogen-bond donors (Lipinski definition) is 1. The first kappa shape index (κ1) is 10.3. The van der Waals surface area contributed by atoms with E-state index in [4.69, 9.17) is 0 Å². The molecule has 3 rings (SSSR count). The van der Waals surface area contributed by atoms with Gasteiger partial charge in [-0.3, -0.25) is 4.98 Å². The van der Waals surface area contributed by atoms with E-state index in [2.05, 4.69) is 32.0 Å². The van der Waals surface area contributed by atoms with E-state index in [9.17, 15) is 0 Å². The van der Waals surface area contributed by atoms with Crippen LogP contribution in [0.2, 0.25) is 0 Å². The molecule has 0 aromatic carbocycles. The second-order valence-corrected chi connectivity index (χ2v) is 4.59. The Morgan fingerprint density at radius 3 is 2.88 bits per heavy atom. The summed E-state index contributed by atoms with van der Waals surface area (Å²) in [5, 5.41) is 0. The van der Waals surface area contributed by atoms with Crippen LogP contribution in [0.1, 0.15) is 23.9 Å². The maximum Gasteiger partial charge on any atom is 0.111 e. The molecule has 2 aromatic heterocycles. The monoisotopic (exact) mass is 228 g/mol. The van der Waals surface area contributed by atoms with Crippen molar-refractivity contribution in [2.75, 3.05) is 18.0 Å². The van der Waals surface area contributed by atoms with Gasteiger partial charge in [-0.25, -0.2) is 4.98 Å². The highest BCUT2D eigenvalue weighted by molar-refractivity contribution is 5.46. The van der Waals surface area contributed by atoms with Crippen molar-refractivity contribution in [2.45, 2.75) is 19.3 Å². The van der Waals surface area contributed by atoms with Crippen molar-refractivity contribution in [3.63, 3.8) is 0 Å². The van der Waals surface area contributed by atoms with Crippen LogP contribution in [-0.2, 0) is 0 Å². The third-order valence-corrected chi connectivity index (χ3v) is 3.33. The molecule has 1 atom stereocenters. The van der Waals surface area contributed by atoms with Crippen LogP contribution in [0.15, 0.2) is 30.7 Å². The second kappa shape index (κ2) is 4.20. The van der Waals surface area contributed by atoms with Crippen LogP contribution >= 0.6 is 0 Å². The molecule has 4 heteroatoms. The third-order valence-electron chi connectivity index (χ3n) is 3.33. The number of nitrogens with zero attached hydrogens (tertiary/aromatic N) is 3. The maximum absolute atomic E-state index is 4.43. The van der Waals surface area contributed by atoms with E-state index in [0.717, 1.165) is 31.0 Å². The van der Waals surface area contributed by atoms with Crippen molar-refractivity contribution in [1.29, 1.82) is 0 Å². The Hall–Kier alpha value is -1.84. The normalized spacial score (nSPS) is 19.8. The van der Waals surface area contributed by atoms with Gasteiger partial charge in [-0.1, -0.05) is 0 Å². The van der Waals surface area contributed by atoms with Crippen molar-refractivity contribution in [1.82, 2.24) is 15.0 Å². The number of aromatic nitrogens is 3. The summed E-state index contributed by atoms with van der Waals surface area (Å²) < 4.78 is 0. The molecule has 88 valence electrons. The minimum absolute atomic E-state index is 0.525. The van der Waals surface area contributed by atoms with Gasteiger partial charge in [0.2, 0.25) is 0 Å². The number of imidazole rings is 1. The molecule has 0 amide bonds. The summed E-state index contributed by atoms with van der Waals surface area (Å²) >= 11 is 0. The molecule has 0 radical (unpaired) electrons. The SMILES string of the molecule is Cc1cnc([C@@H]2CCN(c3ccncc3)C2)[nH]1. The fraction of sp³-hybridized carbons (Fsp3) is 0.385. The first-order valence-electron chi connectivity index (χ1n) is 5.99. The van der Waals surface area contributed by atoms with Gasteiger partial charge >= 0.3 is 0 Å². The van der Waals surface area contributed by atoms with E-state index in [1.165, 1.54) is 5.69 Å². The highest BCUT2D eigenvalue weighted by Gasteiger charge is 2.25. The lowest BCUT2D eigenvalue weighted by Crippen LogP contribution is -2.19. The fourth-order valence-electron chi connectivity index (χ4n) is 2.41. The number of pyridine rings is 1. The Morgan fingerprint density at radius 2 is 2.18 bits per heavy atom. The average Bonchev–Trinajstić information content (AvgIpc) is 2.98. The molecule has 1 aliphatic heterocycles. The molecule has 0 spiro atoms. The first-order valence-corrected chi connectivity index (χ1v) is 5.99. The Balaban J connectivity index is 1.74. The molecule has 17 heavy (non-hydrogen) atoms. The highest BCUT2D eigenvalue weighted by atomic mass is 15.2. The highest BCUT2D eigenvalue weighted by Crippen LogP contribution is 2.28. The third kappa shape index (κ3) is 2.02. The zero-order chi connectivity index (χ0) is 11.7. The topological polar surface area (TPSA) is 44.8 Å². The molecule has 4 nitrogen and oxygen atoms in total. The second-order valence-electron chi connectivity index (χ2n) is 4.59. The van der Waals surface area contributed by atoms with E-state index in [0.29, 0.717) is 5.92 Å².